The number of benzene rings is 1. The summed E-state index contributed by atoms with van der Waals surface area (Å²) in [7, 11) is -4.12. The van der Waals surface area contributed by atoms with Crippen molar-refractivity contribution in [3.63, 3.8) is 0 Å². The zero-order chi connectivity index (χ0) is 11.0. The van der Waals surface area contributed by atoms with Crippen LogP contribution >= 0.6 is 7.94 Å². The van der Waals surface area contributed by atoms with Gasteiger partial charge in [-0.05, 0) is 0 Å². The van der Waals surface area contributed by atoms with Crippen LogP contribution in [-0.4, -0.2) is 14.7 Å². The van der Waals surface area contributed by atoms with Gasteiger partial charge < -0.3 is 0 Å². The maximum absolute atomic E-state index is 9.03. The summed E-state index contributed by atoms with van der Waals surface area (Å²) in [5, 5.41) is 0.213. The SMILES string of the molecule is CC(C)(C)c1ccc([PH](O)(O)O)cc1. The van der Waals surface area contributed by atoms with E-state index in [0.29, 0.717) is 0 Å². The van der Waals surface area contributed by atoms with Gasteiger partial charge in [-0.2, -0.15) is 0 Å². The molecule has 1 rings (SSSR count). The van der Waals surface area contributed by atoms with Crippen LogP contribution in [0.1, 0.15) is 26.3 Å². The molecule has 0 aliphatic rings. The van der Waals surface area contributed by atoms with E-state index in [1.54, 1.807) is 24.3 Å². The van der Waals surface area contributed by atoms with Crippen LogP contribution in [0.5, 0.6) is 0 Å². The van der Waals surface area contributed by atoms with Gasteiger partial charge in [-0.3, -0.25) is 0 Å². The zero-order valence-corrected chi connectivity index (χ0v) is 9.65. The van der Waals surface area contributed by atoms with Gasteiger partial charge in [-0.15, -0.1) is 0 Å². The Balaban J connectivity index is 3.02. The number of hydrogen-bond donors (Lipinski definition) is 3. The summed E-state index contributed by atoms with van der Waals surface area (Å²) in [4.78, 5) is 27.1. The van der Waals surface area contributed by atoms with Crippen molar-refractivity contribution in [2.45, 2.75) is 26.2 Å². The summed E-state index contributed by atoms with van der Waals surface area (Å²) >= 11 is 0. The van der Waals surface area contributed by atoms with Gasteiger partial charge in [-0.1, -0.05) is 0 Å². The van der Waals surface area contributed by atoms with Crippen LogP contribution in [0, 0.1) is 0 Å². The third-order valence-corrected chi connectivity index (χ3v) is 3.25. The first kappa shape index (κ1) is 11.6. The Hall–Kier alpha value is -0.470. The topological polar surface area (TPSA) is 60.7 Å². The molecule has 1 aromatic rings. The second kappa shape index (κ2) is 3.59. The van der Waals surface area contributed by atoms with Gasteiger partial charge in [0, 0.05) is 0 Å². The van der Waals surface area contributed by atoms with Crippen molar-refractivity contribution < 1.29 is 14.7 Å². The van der Waals surface area contributed by atoms with E-state index in [-0.39, 0.29) is 10.7 Å². The van der Waals surface area contributed by atoms with Crippen LogP contribution in [0.25, 0.3) is 0 Å². The van der Waals surface area contributed by atoms with Crippen molar-refractivity contribution in [1.29, 1.82) is 0 Å². The molecule has 0 radical (unpaired) electrons. The van der Waals surface area contributed by atoms with Gasteiger partial charge in [-0.25, -0.2) is 0 Å². The number of rotatable bonds is 1. The Morgan fingerprint density at radius 2 is 1.36 bits per heavy atom. The first-order chi connectivity index (χ1) is 6.21. The Kier molecular flexibility index (Phi) is 2.98. The van der Waals surface area contributed by atoms with Crippen LogP contribution in [0.15, 0.2) is 24.3 Å². The van der Waals surface area contributed by atoms with Crippen LogP contribution in [-0.2, 0) is 5.41 Å². The molecule has 0 unspecified atom stereocenters. The fraction of sp³-hybridized carbons (Fsp3) is 0.400. The quantitative estimate of drug-likeness (QED) is 0.616. The second-order valence-electron chi connectivity index (χ2n) is 4.46. The molecule has 3 nitrogen and oxygen atoms in total. The molecule has 0 aliphatic heterocycles. The van der Waals surface area contributed by atoms with Crippen molar-refractivity contribution >= 4 is 13.2 Å². The molecule has 0 aromatic heterocycles. The van der Waals surface area contributed by atoms with E-state index in [1.165, 1.54) is 0 Å². The van der Waals surface area contributed by atoms with Gasteiger partial charge in [0.05, 0.1) is 0 Å². The molecule has 0 amide bonds. The summed E-state index contributed by atoms with van der Waals surface area (Å²) in [5.74, 6) is 0. The third kappa shape index (κ3) is 2.76. The fourth-order valence-corrected chi connectivity index (χ4v) is 1.81. The standard InChI is InChI=1S/C10H17O3P/c1-10(2,3)8-4-6-9(7-5-8)14(11,12)13/h4-7,11-14H,1-3H3. The van der Waals surface area contributed by atoms with Gasteiger partial charge in [0.25, 0.3) is 0 Å². The fourth-order valence-electron chi connectivity index (χ4n) is 1.19. The first-order valence-corrected chi connectivity index (χ1v) is 6.33. The minimum absolute atomic E-state index is 0.0309. The summed E-state index contributed by atoms with van der Waals surface area (Å²) in [6, 6.07) is 6.74. The molecular weight excluding hydrogens is 199 g/mol. The molecule has 0 aliphatic carbocycles. The second-order valence-corrected chi connectivity index (χ2v) is 6.31. The summed E-state index contributed by atoms with van der Waals surface area (Å²) in [5.41, 5.74) is 1.13. The monoisotopic (exact) mass is 216 g/mol. The Labute approximate surface area is 84.6 Å². The van der Waals surface area contributed by atoms with Crippen molar-refractivity contribution in [2.75, 3.05) is 0 Å². The van der Waals surface area contributed by atoms with Crippen LogP contribution in [0.2, 0.25) is 0 Å². The summed E-state index contributed by atoms with van der Waals surface area (Å²) < 4.78 is 0. The minimum atomic E-state index is -4.12. The van der Waals surface area contributed by atoms with E-state index < -0.39 is 7.94 Å². The molecule has 0 atom stereocenters. The van der Waals surface area contributed by atoms with Crippen LogP contribution in [0.4, 0.5) is 0 Å². The molecule has 0 saturated heterocycles. The molecule has 0 saturated carbocycles. The van der Waals surface area contributed by atoms with E-state index in [0.717, 1.165) is 5.56 Å². The predicted molar refractivity (Wildman–Crippen MR) is 59.7 cm³/mol. The van der Waals surface area contributed by atoms with Crippen molar-refractivity contribution in [3.05, 3.63) is 29.8 Å². The molecular formula is C10H17O3P. The molecule has 14 heavy (non-hydrogen) atoms. The van der Waals surface area contributed by atoms with Crippen LogP contribution in [0.3, 0.4) is 0 Å². The summed E-state index contributed by atoms with van der Waals surface area (Å²) in [6.07, 6.45) is 0. The van der Waals surface area contributed by atoms with Crippen molar-refractivity contribution in [2.24, 2.45) is 0 Å². The molecule has 0 fully saturated rings. The average Bonchev–Trinajstić information content (AvgIpc) is 2.01. The Bertz CT molecular complexity index is 273. The van der Waals surface area contributed by atoms with Gasteiger partial charge in [0.2, 0.25) is 0 Å². The van der Waals surface area contributed by atoms with E-state index in [4.69, 9.17) is 14.7 Å². The molecule has 0 bridgehead atoms. The summed E-state index contributed by atoms with van der Waals surface area (Å²) in [6.45, 7) is 6.22. The average molecular weight is 216 g/mol. The van der Waals surface area contributed by atoms with Crippen LogP contribution < -0.4 is 5.30 Å². The first-order valence-electron chi connectivity index (χ1n) is 4.49. The normalized spacial score (nSPS) is 14.1. The third-order valence-electron chi connectivity index (χ3n) is 2.14. The van der Waals surface area contributed by atoms with E-state index in [1.807, 2.05) is 0 Å². The Morgan fingerprint density at radius 1 is 0.929 bits per heavy atom. The van der Waals surface area contributed by atoms with Gasteiger partial charge >= 0.3 is 83.9 Å². The van der Waals surface area contributed by atoms with E-state index in [2.05, 4.69) is 20.8 Å². The van der Waals surface area contributed by atoms with Gasteiger partial charge in [0.15, 0.2) is 0 Å². The maximum atomic E-state index is 9.03. The molecule has 0 spiro atoms. The molecule has 80 valence electrons. The molecule has 3 N–H and O–H groups in total. The zero-order valence-electron chi connectivity index (χ0n) is 8.65. The predicted octanol–water partition coefficient (Wildman–Crippen LogP) is 1.08. The molecule has 1 aromatic carbocycles. The molecule has 0 heterocycles. The van der Waals surface area contributed by atoms with Crippen molar-refractivity contribution in [3.8, 4) is 0 Å². The molecule has 4 heteroatoms. The Morgan fingerprint density at radius 3 is 1.64 bits per heavy atom. The number of hydrogen-bond acceptors (Lipinski definition) is 3. The van der Waals surface area contributed by atoms with Gasteiger partial charge in [0.1, 0.15) is 0 Å². The van der Waals surface area contributed by atoms with E-state index >= 15 is 0 Å². The van der Waals surface area contributed by atoms with Crippen molar-refractivity contribution in [1.82, 2.24) is 0 Å². The van der Waals surface area contributed by atoms with E-state index in [9.17, 15) is 0 Å².